The van der Waals surface area contributed by atoms with Gasteiger partial charge in [0.2, 0.25) is 0 Å². The zero-order chi connectivity index (χ0) is 14.9. The normalized spacial score (nSPS) is 10.4. The van der Waals surface area contributed by atoms with Crippen molar-refractivity contribution in [2.24, 2.45) is 5.41 Å². The van der Waals surface area contributed by atoms with E-state index in [2.05, 4.69) is 0 Å². The molecule has 0 bridgehead atoms. The highest BCUT2D eigenvalue weighted by Gasteiger charge is 2.20. The van der Waals surface area contributed by atoms with Crippen molar-refractivity contribution in [2.75, 3.05) is 19.8 Å². The lowest BCUT2D eigenvalue weighted by Gasteiger charge is -2.20. The van der Waals surface area contributed by atoms with E-state index in [9.17, 15) is 9.59 Å². The molecule has 0 aliphatic rings. The summed E-state index contributed by atoms with van der Waals surface area (Å²) in [6.45, 7) is 1.06. The first-order chi connectivity index (χ1) is 8.96. The molecule has 1 aromatic carbocycles. The Morgan fingerprint density at radius 3 is 1.95 bits per heavy atom. The summed E-state index contributed by atoms with van der Waals surface area (Å²) in [6.07, 6.45) is 1.29. The van der Waals surface area contributed by atoms with Crippen molar-refractivity contribution in [1.82, 2.24) is 0 Å². The first-order valence-corrected chi connectivity index (χ1v) is 5.86. The van der Waals surface area contributed by atoms with Crippen LogP contribution in [-0.4, -0.2) is 47.7 Å². The Labute approximate surface area is 116 Å². The third-order valence-electron chi connectivity index (χ3n) is 2.43. The van der Waals surface area contributed by atoms with E-state index in [1.165, 1.54) is 12.1 Å². The van der Waals surface area contributed by atoms with E-state index in [4.69, 9.17) is 26.9 Å². The standard InChI is InChI=1S/C8H5ClO2.C5H12O3/c9-8-2-1-6(4-10)3-7(8)5-11;1-5(2-6,3-7)4-8/h1-5H;6-8H,2-4H2,1H3. The minimum Gasteiger partial charge on any atom is -0.396 e. The molecule has 1 rings (SSSR count). The van der Waals surface area contributed by atoms with E-state index in [1.54, 1.807) is 13.0 Å². The van der Waals surface area contributed by atoms with Gasteiger partial charge in [-0.3, -0.25) is 9.59 Å². The lowest BCUT2D eigenvalue weighted by atomic mass is 9.95. The molecule has 0 spiro atoms. The lowest BCUT2D eigenvalue weighted by Crippen LogP contribution is -2.29. The van der Waals surface area contributed by atoms with Gasteiger partial charge in [-0.1, -0.05) is 24.6 Å². The zero-order valence-corrected chi connectivity index (χ0v) is 11.3. The summed E-state index contributed by atoms with van der Waals surface area (Å²) in [4.78, 5) is 20.5. The zero-order valence-electron chi connectivity index (χ0n) is 10.5. The van der Waals surface area contributed by atoms with E-state index in [0.717, 1.165) is 0 Å². The predicted octanol–water partition coefficient (Wildman–Crippen LogP) is 0.935. The second kappa shape index (κ2) is 8.77. The van der Waals surface area contributed by atoms with Crippen LogP contribution in [0.1, 0.15) is 27.6 Å². The summed E-state index contributed by atoms with van der Waals surface area (Å²) in [5.74, 6) is 0. The molecule has 0 unspecified atom stereocenters. The van der Waals surface area contributed by atoms with Crippen LogP contribution < -0.4 is 0 Å². The summed E-state index contributed by atoms with van der Waals surface area (Å²) in [7, 11) is 0. The highest BCUT2D eigenvalue weighted by atomic mass is 35.5. The molecular weight excluding hydrogens is 272 g/mol. The summed E-state index contributed by atoms with van der Waals surface area (Å²) >= 11 is 5.61. The Bertz CT molecular complexity index is 407. The number of benzene rings is 1. The molecule has 106 valence electrons. The molecular formula is C13H17ClO5. The van der Waals surface area contributed by atoms with E-state index >= 15 is 0 Å². The number of carbonyl (C=O) groups is 2. The van der Waals surface area contributed by atoms with E-state index in [0.29, 0.717) is 28.7 Å². The van der Waals surface area contributed by atoms with Crippen LogP contribution in [0.3, 0.4) is 0 Å². The third-order valence-corrected chi connectivity index (χ3v) is 2.77. The van der Waals surface area contributed by atoms with Crippen molar-refractivity contribution in [3.63, 3.8) is 0 Å². The van der Waals surface area contributed by atoms with Crippen LogP contribution in [0.2, 0.25) is 5.02 Å². The molecule has 3 N–H and O–H groups in total. The minimum atomic E-state index is -0.708. The monoisotopic (exact) mass is 288 g/mol. The number of aliphatic hydroxyl groups excluding tert-OH is 3. The molecule has 0 fully saturated rings. The van der Waals surface area contributed by atoms with Crippen molar-refractivity contribution in [2.45, 2.75) is 6.92 Å². The van der Waals surface area contributed by atoms with Crippen molar-refractivity contribution < 1.29 is 24.9 Å². The van der Waals surface area contributed by atoms with Gasteiger partial charge in [-0.05, 0) is 12.1 Å². The summed E-state index contributed by atoms with van der Waals surface area (Å²) in [6, 6.07) is 4.53. The smallest absolute Gasteiger partial charge is 0.151 e. The Hall–Kier alpha value is -1.27. The molecule has 0 saturated heterocycles. The number of rotatable bonds is 5. The fourth-order valence-electron chi connectivity index (χ4n) is 0.876. The Kier molecular flexibility index (Phi) is 8.18. The van der Waals surface area contributed by atoms with Gasteiger partial charge in [0.25, 0.3) is 0 Å². The molecule has 1 aromatic rings. The lowest BCUT2D eigenvalue weighted by molar-refractivity contribution is 0.0200. The minimum absolute atomic E-state index is 0.181. The second-order valence-corrected chi connectivity index (χ2v) is 4.71. The van der Waals surface area contributed by atoms with Crippen LogP contribution in [0.4, 0.5) is 0 Å². The largest absolute Gasteiger partial charge is 0.396 e. The Morgan fingerprint density at radius 2 is 1.63 bits per heavy atom. The Morgan fingerprint density at radius 1 is 1.11 bits per heavy atom. The average molecular weight is 289 g/mol. The first-order valence-electron chi connectivity index (χ1n) is 5.49. The molecule has 0 radical (unpaired) electrons. The molecule has 19 heavy (non-hydrogen) atoms. The van der Waals surface area contributed by atoms with Gasteiger partial charge in [0, 0.05) is 16.5 Å². The number of hydrogen-bond donors (Lipinski definition) is 3. The van der Waals surface area contributed by atoms with Gasteiger partial charge in [-0.25, -0.2) is 0 Å². The van der Waals surface area contributed by atoms with E-state index in [1.807, 2.05) is 0 Å². The molecule has 6 heteroatoms. The SMILES string of the molecule is CC(CO)(CO)CO.O=Cc1ccc(Cl)c(C=O)c1. The van der Waals surface area contributed by atoms with Gasteiger partial charge in [-0.2, -0.15) is 0 Å². The topological polar surface area (TPSA) is 94.8 Å². The highest BCUT2D eigenvalue weighted by Crippen LogP contribution is 2.14. The van der Waals surface area contributed by atoms with Crippen LogP contribution in [0.5, 0.6) is 0 Å². The van der Waals surface area contributed by atoms with Gasteiger partial charge in [0.1, 0.15) is 6.29 Å². The maximum Gasteiger partial charge on any atom is 0.151 e. The molecule has 5 nitrogen and oxygen atoms in total. The molecule has 0 aromatic heterocycles. The third kappa shape index (κ3) is 5.94. The van der Waals surface area contributed by atoms with Gasteiger partial charge in [0.15, 0.2) is 6.29 Å². The van der Waals surface area contributed by atoms with Crippen LogP contribution in [0.15, 0.2) is 18.2 Å². The van der Waals surface area contributed by atoms with Crippen molar-refractivity contribution >= 4 is 24.2 Å². The average Bonchev–Trinajstić information content (AvgIpc) is 2.47. The van der Waals surface area contributed by atoms with Crippen molar-refractivity contribution in [1.29, 1.82) is 0 Å². The van der Waals surface area contributed by atoms with E-state index in [-0.39, 0.29) is 19.8 Å². The molecule has 0 atom stereocenters. The van der Waals surface area contributed by atoms with Crippen LogP contribution in [0, 0.1) is 5.41 Å². The predicted molar refractivity (Wildman–Crippen MR) is 71.6 cm³/mol. The molecule has 0 heterocycles. The summed E-state index contributed by atoms with van der Waals surface area (Å²) in [5, 5.41) is 25.8. The van der Waals surface area contributed by atoms with Crippen LogP contribution >= 0.6 is 11.6 Å². The highest BCUT2D eigenvalue weighted by molar-refractivity contribution is 6.33. The number of hydrogen-bond acceptors (Lipinski definition) is 5. The molecule has 0 saturated carbocycles. The number of aliphatic hydroxyl groups is 3. The first kappa shape index (κ1) is 17.7. The van der Waals surface area contributed by atoms with Gasteiger partial charge >= 0.3 is 0 Å². The van der Waals surface area contributed by atoms with Crippen LogP contribution in [0.25, 0.3) is 0 Å². The maximum absolute atomic E-state index is 10.3. The molecule has 0 aliphatic carbocycles. The summed E-state index contributed by atoms with van der Waals surface area (Å²) < 4.78 is 0. The van der Waals surface area contributed by atoms with Crippen LogP contribution in [-0.2, 0) is 0 Å². The van der Waals surface area contributed by atoms with E-state index < -0.39 is 5.41 Å². The van der Waals surface area contributed by atoms with Gasteiger partial charge in [0.05, 0.1) is 24.8 Å². The molecule has 0 amide bonds. The van der Waals surface area contributed by atoms with Crippen molar-refractivity contribution in [3.8, 4) is 0 Å². The fraction of sp³-hybridized carbons (Fsp3) is 0.385. The summed E-state index contributed by atoms with van der Waals surface area (Å²) in [5.41, 5.74) is 0.0905. The number of aldehydes is 2. The maximum atomic E-state index is 10.3. The number of halogens is 1. The second-order valence-electron chi connectivity index (χ2n) is 4.30. The fourth-order valence-corrected chi connectivity index (χ4v) is 1.04. The van der Waals surface area contributed by atoms with Crippen molar-refractivity contribution in [3.05, 3.63) is 34.3 Å². The van der Waals surface area contributed by atoms with Gasteiger partial charge in [-0.15, -0.1) is 0 Å². The quantitative estimate of drug-likeness (QED) is 0.701. The Balaban J connectivity index is 0.000000362. The molecule has 0 aliphatic heterocycles. The number of carbonyl (C=O) groups excluding carboxylic acids is 2. The van der Waals surface area contributed by atoms with Gasteiger partial charge < -0.3 is 15.3 Å².